The minimum atomic E-state index is -1.24. The molecular formula is C9H8N2O6. The van der Waals surface area contributed by atoms with Crippen molar-refractivity contribution in [2.45, 2.75) is 6.54 Å². The molecule has 1 aromatic rings. The Labute approximate surface area is 94.7 Å². The fourth-order valence-corrected chi connectivity index (χ4v) is 1.34. The van der Waals surface area contributed by atoms with Crippen molar-refractivity contribution >= 4 is 17.8 Å². The van der Waals surface area contributed by atoms with Crippen molar-refractivity contribution in [3.05, 3.63) is 17.5 Å². The molecule has 90 valence electrons. The summed E-state index contributed by atoms with van der Waals surface area (Å²) < 4.78 is 9.43. The second-order valence-electron chi connectivity index (χ2n) is 3.35. The summed E-state index contributed by atoms with van der Waals surface area (Å²) in [5.41, 5.74) is -0.270. The molecule has 1 aliphatic heterocycles. The average Bonchev–Trinajstić information content (AvgIpc) is 2.72. The lowest BCUT2D eigenvalue weighted by atomic mass is 10.3. The summed E-state index contributed by atoms with van der Waals surface area (Å²) in [5, 5.41) is 11.9. The average molecular weight is 240 g/mol. The van der Waals surface area contributed by atoms with Crippen molar-refractivity contribution in [2.75, 3.05) is 13.2 Å². The summed E-state index contributed by atoms with van der Waals surface area (Å²) in [7, 11) is 0. The Bertz CT molecular complexity index is 464. The summed E-state index contributed by atoms with van der Waals surface area (Å²) in [6.45, 7) is -0.487. The van der Waals surface area contributed by atoms with Gasteiger partial charge in [-0.1, -0.05) is 5.16 Å². The number of aromatic nitrogens is 1. The van der Waals surface area contributed by atoms with E-state index in [1.54, 1.807) is 0 Å². The number of carbonyl (C=O) groups is 3. The highest BCUT2D eigenvalue weighted by molar-refractivity contribution is 5.98. The van der Waals surface area contributed by atoms with Gasteiger partial charge in [0.25, 0.3) is 11.8 Å². The Hall–Kier alpha value is -2.22. The summed E-state index contributed by atoms with van der Waals surface area (Å²) >= 11 is 0. The summed E-state index contributed by atoms with van der Waals surface area (Å²) in [6, 6.07) is 1.17. The predicted octanol–water partition coefficient (Wildman–Crippen LogP) is -0.742. The molecule has 2 heterocycles. The van der Waals surface area contributed by atoms with Crippen molar-refractivity contribution < 1.29 is 28.8 Å². The fourth-order valence-electron chi connectivity index (χ4n) is 1.34. The number of hydrogen-bond acceptors (Lipinski definition) is 6. The van der Waals surface area contributed by atoms with Crippen molar-refractivity contribution in [1.29, 1.82) is 0 Å². The molecule has 2 rings (SSSR count). The first-order valence-electron chi connectivity index (χ1n) is 4.68. The third kappa shape index (κ3) is 2.31. The van der Waals surface area contributed by atoms with E-state index in [0.717, 1.165) is 4.90 Å². The normalized spacial score (nSPS) is 16.4. The van der Waals surface area contributed by atoms with E-state index in [0.29, 0.717) is 0 Å². The minimum absolute atomic E-state index is 0.131. The minimum Gasteiger partial charge on any atom is -0.476 e. The van der Waals surface area contributed by atoms with Gasteiger partial charge in [-0.15, -0.1) is 0 Å². The molecule has 0 aliphatic carbocycles. The van der Waals surface area contributed by atoms with Crippen LogP contribution in [0.4, 0.5) is 0 Å². The van der Waals surface area contributed by atoms with Crippen LogP contribution in [0.2, 0.25) is 0 Å². The van der Waals surface area contributed by atoms with E-state index < -0.39 is 17.8 Å². The van der Waals surface area contributed by atoms with Crippen molar-refractivity contribution in [3.63, 3.8) is 0 Å². The standard InChI is InChI=1S/C9H8N2O6/c12-7-3-16-4-8(13)11(7)2-5-1-6(9(14)15)10-17-5/h1H,2-4H2,(H,14,15). The zero-order valence-electron chi connectivity index (χ0n) is 8.58. The van der Waals surface area contributed by atoms with Crippen LogP contribution in [-0.4, -0.2) is 46.2 Å². The molecule has 0 radical (unpaired) electrons. The topological polar surface area (TPSA) is 110 Å². The number of hydrogen-bond donors (Lipinski definition) is 1. The SMILES string of the molecule is O=C(O)c1cc(CN2C(=O)COCC2=O)on1. The number of amides is 2. The molecule has 0 bridgehead atoms. The predicted molar refractivity (Wildman–Crippen MR) is 49.8 cm³/mol. The van der Waals surface area contributed by atoms with Gasteiger partial charge in [0.1, 0.15) is 13.2 Å². The first-order chi connectivity index (χ1) is 8.08. The van der Waals surface area contributed by atoms with Gasteiger partial charge in [-0.25, -0.2) is 4.79 Å². The number of ether oxygens (including phenoxy) is 1. The second kappa shape index (κ2) is 4.34. The quantitative estimate of drug-likeness (QED) is 0.692. The van der Waals surface area contributed by atoms with Gasteiger partial charge in [0.2, 0.25) is 0 Å². The molecule has 1 saturated heterocycles. The first-order valence-corrected chi connectivity index (χ1v) is 4.68. The van der Waals surface area contributed by atoms with E-state index in [9.17, 15) is 14.4 Å². The number of carboxylic acid groups (broad SMARTS) is 1. The Kier molecular flexibility index (Phi) is 2.88. The number of aromatic carboxylic acids is 1. The largest absolute Gasteiger partial charge is 0.476 e. The number of imide groups is 1. The van der Waals surface area contributed by atoms with E-state index in [1.165, 1.54) is 6.07 Å². The van der Waals surface area contributed by atoms with Gasteiger partial charge in [0, 0.05) is 6.07 Å². The maximum atomic E-state index is 11.4. The van der Waals surface area contributed by atoms with E-state index >= 15 is 0 Å². The van der Waals surface area contributed by atoms with Gasteiger partial charge in [-0.05, 0) is 0 Å². The van der Waals surface area contributed by atoms with Crippen LogP contribution >= 0.6 is 0 Å². The van der Waals surface area contributed by atoms with Crippen LogP contribution in [-0.2, 0) is 20.9 Å². The third-order valence-corrected chi connectivity index (χ3v) is 2.15. The second-order valence-corrected chi connectivity index (χ2v) is 3.35. The van der Waals surface area contributed by atoms with Crippen LogP contribution in [0.15, 0.2) is 10.6 Å². The molecule has 0 atom stereocenters. The fraction of sp³-hybridized carbons (Fsp3) is 0.333. The molecule has 17 heavy (non-hydrogen) atoms. The molecule has 1 fully saturated rings. The third-order valence-electron chi connectivity index (χ3n) is 2.15. The number of nitrogens with zero attached hydrogens (tertiary/aromatic N) is 2. The van der Waals surface area contributed by atoms with Gasteiger partial charge in [-0.2, -0.15) is 0 Å². The monoisotopic (exact) mass is 240 g/mol. The molecule has 2 amide bonds. The van der Waals surface area contributed by atoms with Crippen molar-refractivity contribution in [1.82, 2.24) is 10.1 Å². The summed E-state index contributed by atoms with van der Waals surface area (Å²) in [6.07, 6.45) is 0. The highest BCUT2D eigenvalue weighted by Gasteiger charge is 2.28. The number of carbonyl (C=O) groups excluding carboxylic acids is 2. The molecule has 1 aromatic heterocycles. The lowest BCUT2D eigenvalue weighted by Crippen LogP contribution is -2.45. The Morgan fingerprint density at radius 2 is 2.06 bits per heavy atom. The van der Waals surface area contributed by atoms with Gasteiger partial charge in [-0.3, -0.25) is 14.5 Å². The van der Waals surface area contributed by atoms with E-state index in [1.807, 2.05) is 0 Å². The molecule has 8 heteroatoms. The summed E-state index contributed by atoms with van der Waals surface area (Å²) in [4.78, 5) is 34.2. The molecule has 0 saturated carbocycles. The number of carboxylic acids is 1. The number of morpholine rings is 1. The van der Waals surface area contributed by atoms with Crippen LogP contribution < -0.4 is 0 Å². The molecular weight excluding hydrogens is 232 g/mol. The van der Waals surface area contributed by atoms with E-state index in [-0.39, 0.29) is 31.2 Å². The smallest absolute Gasteiger partial charge is 0.358 e. The Morgan fingerprint density at radius 3 is 2.59 bits per heavy atom. The first kappa shape index (κ1) is 11.3. The van der Waals surface area contributed by atoms with Crippen LogP contribution in [0.1, 0.15) is 16.2 Å². The highest BCUT2D eigenvalue weighted by atomic mass is 16.5. The van der Waals surface area contributed by atoms with Crippen LogP contribution in [0.5, 0.6) is 0 Å². The molecule has 1 aliphatic rings. The van der Waals surface area contributed by atoms with Crippen LogP contribution in [0.25, 0.3) is 0 Å². The lowest BCUT2D eigenvalue weighted by Gasteiger charge is -2.23. The van der Waals surface area contributed by atoms with Gasteiger partial charge in [0.05, 0.1) is 6.54 Å². The van der Waals surface area contributed by atoms with Crippen LogP contribution in [0.3, 0.4) is 0 Å². The molecule has 0 aromatic carbocycles. The zero-order chi connectivity index (χ0) is 12.4. The maximum absolute atomic E-state index is 11.4. The summed E-state index contributed by atoms with van der Waals surface area (Å²) in [5.74, 6) is -2.09. The van der Waals surface area contributed by atoms with Crippen molar-refractivity contribution in [3.8, 4) is 0 Å². The molecule has 1 N–H and O–H groups in total. The van der Waals surface area contributed by atoms with Gasteiger partial charge in [0.15, 0.2) is 11.5 Å². The Morgan fingerprint density at radius 1 is 1.41 bits per heavy atom. The number of rotatable bonds is 3. The van der Waals surface area contributed by atoms with E-state index in [2.05, 4.69) is 5.16 Å². The molecule has 0 unspecified atom stereocenters. The van der Waals surface area contributed by atoms with Gasteiger partial charge >= 0.3 is 5.97 Å². The highest BCUT2D eigenvalue weighted by Crippen LogP contribution is 2.10. The van der Waals surface area contributed by atoms with Crippen LogP contribution in [0, 0.1) is 0 Å². The zero-order valence-corrected chi connectivity index (χ0v) is 8.58. The van der Waals surface area contributed by atoms with Crippen molar-refractivity contribution in [2.24, 2.45) is 0 Å². The molecule has 0 spiro atoms. The van der Waals surface area contributed by atoms with Gasteiger partial charge < -0.3 is 14.4 Å². The van der Waals surface area contributed by atoms with E-state index in [4.69, 9.17) is 14.4 Å². The lowest BCUT2D eigenvalue weighted by molar-refractivity contribution is -0.159. The maximum Gasteiger partial charge on any atom is 0.358 e. The molecule has 8 nitrogen and oxygen atoms in total. The Balaban J connectivity index is 2.11.